The molecule has 2 atom stereocenters. The molecule has 0 radical (unpaired) electrons. The van der Waals surface area contributed by atoms with Crippen molar-refractivity contribution in [3.05, 3.63) is 106 Å². The molecule has 3 N–H and O–H groups in total. The Morgan fingerprint density at radius 3 is 2.38 bits per heavy atom. The van der Waals surface area contributed by atoms with Gasteiger partial charge in [0.1, 0.15) is 11.1 Å². The molecular weight excluding hydrogens is 799 g/mol. The molecule has 3 saturated heterocycles. The van der Waals surface area contributed by atoms with E-state index in [0.717, 1.165) is 87.2 Å². The molecule has 1 aliphatic carbocycles. The number of carbonyl (C=O) groups is 2. The topological polar surface area (TPSA) is 180 Å². The Morgan fingerprint density at radius 2 is 1.59 bits per heavy atom. The van der Waals surface area contributed by atoms with Gasteiger partial charge in [-0.05, 0) is 112 Å². The Kier molecular flexibility index (Phi) is 10.2. The second kappa shape index (κ2) is 16.2. The number of piperidine rings is 3. The molecule has 2 amide bonds. The first-order valence-corrected chi connectivity index (χ1v) is 22.4. The number of aliphatic hydroxyl groups is 1. The Hall–Kier alpha value is -6.23. The van der Waals surface area contributed by atoms with Crippen molar-refractivity contribution >= 4 is 51.1 Å². The van der Waals surface area contributed by atoms with Crippen molar-refractivity contribution in [2.24, 2.45) is 0 Å². The molecule has 16 heteroatoms. The normalized spacial score (nSPS) is 21.5. The summed E-state index contributed by atoms with van der Waals surface area (Å²) in [6.45, 7) is 10.2. The highest BCUT2D eigenvalue weighted by atomic mass is 16.5. The number of anilines is 3. The second-order valence-electron chi connectivity index (χ2n) is 17.7. The van der Waals surface area contributed by atoms with Gasteiger partial charge >= 0.3 is 0 Å². The van der Waals surface area contributed by atoms with Gasteiger partial charge in [-0.1, -0.05) is 23.4 Å². The van der Waals surface area contributed by atoms with Crippen molar-refractivity contribution in [2.75, 3.05) is 42.9 Å². The lowest BCUT2D eigenvalue weighted by Gasteiger charge is -2.45. The molecule has 6 aromatic rings. The molecule has 0 spiro atoms. The van der Waals surface area contributed by atoms with Crippen molar-refractivity contribution in [1.82, 2.24) is 44.6 Å². The largest absolute Gasteiger partial charge is 0.387 e. The highest BCUT2D eigenvalue weighted by Gasteiger charge is 2.35. The minimum absolute atomic E-state index is 0.227. The number of hydrogen-bond donors (Lipinski definition) is 3. The number of imide groups is 1. The van der Waals surface area contributed by atoms with Crippen LogP contribution >= 0.6 is 0 Å². The van der Waals surface area contributed by atoms with E-state index in [9.17, 15) is 19.5 Å². The first-order valence-electron chi connectivity index (χ1n) is 22.4. The van der Waals surface area contributed by atoms with E-state index in [1.807, 2.05) is 24.3 Å². The number of nitrogens with one attached hydrogen (secondary N) is 2. The zero-order valence-corrected chi connectivity index (χ0v) is 35.2. The number of hydrogen-bond acceptors (Lipinski definition) is 13. The summed E-state index contributed by atoms with van der Waals surface area (Å²) in [5.41, 5.74) is 7.81. The van der Waals surface area contributed by atoms with E-state index in [-0.39, 0.29) is 23.9 Å². The summed E-state index contributed by atoms with van der Waals surface area (Å²) in [7, 11) is 0. The third-order valence-corrected chi connectivity index (χ3v) is 14.1. The molecule has 2 unspecified atom stereocenters. The number of likely N-dealkylation sites (tertiary alicyclic amines) is 1. The number of amides is 2. The van der Waals surface area contributed by atoms with E-state index in [0.29, 0.717) is 65.5 Å². The van der Waals surface area contributed by atoms with Crippen LogP contribution in [-0.2, 0) is 35.5 Å². The van der Waals surface area contributed by atoms with Gasteiger partial charge in [0, 0.05) is 73.2 Å². The number of pyridine rings is 1. The van der Waals surface area contributed by atoms with Crippen LogP contribution in [0.5, 0.6) is 0 Å². The third kappa shape index (κ3) is 7.19. The first kappa shape index (κ1) is 39.6. The third-order valence-electron chi connectivity index (χ3n) is 14.1. The minimum Gasteiger partial charge on any atom is -0.387 e. The summed E-state index contributed by atoms with van der Waals surface area (Å²) >= 11 is 0. The molecule has 8 heterocycles. The van der Waals surface area contributed by atoms with Crippen LogP contribution in [0.1, 0.15) is 85.0 Å². The standard InChI is InChI=1S/C47H51N11O5/c1-2-20-57-46(62)37-26-48-47(52-44(37)58(57)39-13-5-28-4-12-38(59)41(28)50-39)49-30-6-8-31(9-7-30)54-21-15-32(16-22-54)55-23-17-33(18-24-55)56-25-19-34-29(27-56)3-10-35-42(53-63-43(34)35)36-11-14-40(60)51-45(36)61/h2-3,5-10,13,26,32-33,36,38,59H,1,4,11-12,14-25,27H2,(H,48,49,52)(H,51,60,61). The SMILES string of the molecule is C=CCn1c(=O)c2cnc(Nc3ccc(N4CCC(N5CCC(N6CCc7c(ccc8c(C9CCC(=O)NC9=O)noc78)C6)CC5)CC4)cc3)nc2n1-c1ccc2c(n1)C(O)CC2. The molecule has 0 saturated carbocycles. The maximum Gasteiger partial charge on any atom is 0.278 e. The predicted molar refractivity (Wildman–Crippen MR) is 237 cm³/mol. The van der Waals surface area contributed by atoms with Crippen molar-refractivity contribution in [3.8, 4) is 5.82 Å². The zero-order valence-electron chi connectivity index (χ0n) is 35.2. The van der Waals surface area contributed by atoms with Crippen LogP contribution in [0, 0.1) is 0 Å². The van der Waals surface area contributed by atoms with Crippen LogP contribution in [-0.4, -0.2) is 101 Å². The lowest BCUT2D eigenvalue weighted by atomic mass is 9.89. The van der Waals surface area contributed by atoms with Gasteiger partial charge in [0.15, 0.2) is 17.0 Å². The van der Waals surface area contributed by atoms with Crippen molar-refractivity contribution in [3.63, 3.8) is 0 Å². The van der Waals surface area contributed by atoms with Crippen LogP contribution in [0.2, 0.25) is 0 Å². The Bertz CT molecular complexity index is 2810. The second-order valence-corrected chi connectivity index (χ2v) is 17.7. The smallest absolute Gasteiger partial charge is 0.278 e. The fourth-order valence-electron chi connectivity index (χ4n) is 10.7. The number of aliphatic hydroxyl groups excluding tert-OH is 1. The number of rotatable bonds is 9. The van der Waals surface area contributed by atoms with Crippen LogP contribution in [0.4, 0.5) is 17.3 Å². The van der Waals surface area contributed by atoms with Crippen LogP contribution in [0.25, 0.3) is 27.8 Å². The molecule has 5 aliphatic rings. The molecule has 0 bridgehead atoms. The maximum absolute atomic E-state index is 13.5. The fourth-order valence-corrected chi connectivity index (χ4v) is 10.7. The number of nitrogens with zero attached hydrogens (tertiary/aromatic N) is 9. The van der Waals surface area contributed by atoms with Gasteiger partial charge in [-0.2, -0.15) is 4.98 Å². The molecule has 3 fully saturated rings. The van der Waals surface area contributed by atoms with Gasteiger partial charge in [-0.25, -0.2) is 19.3 Å². The van der Waals surface area contributed by atoms with E-state index in [1.165, 1.54) is 29.7 Å². The first-order chi connectivity index (χ1) is 30.8. The summed E-state index contributed by atoms with van der Waals surface area (Å²) in [5.74, 6) is -0.0908. The Morgan fingerprint density at radius 1 is 0.810 bits per heavy atom. The average molecular weight is 850 g/mol. The van der Waals surface area contributed by atoms with Crippen LogP contribution < -0.4 is 21.1 Å². The Labute approximate surface area is 363 Å². The van der Waals surface area contributed by atoms with Crippen molar-refractivity contribution in [2.45, 2.75) is 95.0 Å². The lowest BCUT2D eigenvalue weighted by Crippen LogP contribution is -2.51. The number of benzene rings is 2. The molecular formula is C47H51N11O5. The maximum atomic E-state index is 13.5. The van der Waals surface area contributed by atoms with Gasteiger partial charge in [0.2, 0.25) is 17.8 Å². The van der Waals surface area contributed by atoms with Gasteiger partial charge in [-0.15, -0.1) is 6.58 Å². The van der Waals surface area contributed by atoms with E-state index in [1.54, 1.807) is 21.6 Å². The van der Waals surface area contributed by atoms with Crippen molar-refractivity contribution in [1.29, 1.82) is 0 Å². The summed E-state index contributed by atoms with van der Waals surface area (Å²) in [4.78, 5) is 59.6. The summed E-state index contributed by atoms with van der Waals surface area (Å²) in [5, 5.41) is 21.9. The number of carbonyl (C=O) groups excluding carboxylic acids is 2. The lowest BCUT2D eigenvalue weighted by molar-refractivity contribution is -0.134. The number of aromatic nitrogens is 6. The zero-order chi connectivity index (χ0) is 42.8. The summed E-state index contributed by atoms with van der Waals surface area (Å²) in [6.07, 6.45) is 10.3. The average Bonchev–Trinajstić information content (AvgIpc) is 3.99. The van der Waals surface area contributed by atoms with Crippen LogP contribution in [0.3, 0.4) is 0 Å². The van der Waals surface area contributed by atoms with Gasteiger partial charge in [0.25, 0.3) is 5.56 Å². The number of fused-ring (bicyclic) bond motifs is 5. The molecule has 16 nitrogen and oxygen atoms in total. The fraction of sp³-hybridized carbons (Fsp3) is 0.426. The van der Waals surface area contributed by atoms with E-state index >= 15 is 0 Å². The van der Waals surface area contributed by atoms with E-state index in [2.05, 4.69) is 66.3 Å². The van der Waals surface area contributed by atoms with Crippen LogP contribution in [0.15, 0.2) is 76.7 Å². The van der Waals surface area contributed by atoms with Gasteiger partial charge < -0.3 is 24.7 Å². The van der Waals surface area contributed by atoms with Gasteiger partial charge in [0.05, 0.1) is 24.3 Å². The summed E-state index contributed by atoms with van der Waals surface area (Å²) < 4.78 is 9.12. The molecule has 4 aromatic heterocycles. The van der Waals surface area contributed by atoms with E-state index < -0.39 is 12.0 Å². The number of aryl methyl sites for hydroxylation is 1. The molecule has 63 heavy (non-hydrogen) atoms. The monoisotopic (exact) mass is 849 g/mol. The minimum atomic E-state index is -0.625. The van der Waals surface area contributed by atoms with Crippen molar-refractivity contribution < 1.29 is 19.2 Å². The highest BCUT2D eigenvalue weighted by Crippen LogP contribution is 2.37. The summed E-state index contributed by atoms with van der Waals surface area (Å²) in [6, 6.07) is 17.6. The number of allylic oxidation sites excluding steroid dienone is 1. The predicted octanol–water partition coefficient (Wildman–Crippen LogP) is 5.04. The molecule has 324 valence electrons. The molecule has 2 aromatic carbocycles. The molecule has 4 aliphatic heterocycles. The van der Waals surface area contributed by atoms with E-state index in [4.69, 9.17) is 14.5 Å². The van der Waals surface area contributed by atoms with Gasteiger partial charge in [-0.3, -0.25) is 24.6 Å². The molecule has 11 rings (SSSR count). The highest BCUT2D eigenvalue weighted by molar-refractivity contribution is 6.02. The quantitative estimate of drug-likeness (QED) is 0.130. The Balaban J connectivity index is 0.691.